The average molecular weight is 346 g/mol. The molecule has 124 valence electrons. The summed E-state index contributed by atoms with van der Waals surface area (Å²) in [6, 6.07) is 8.53. The van der Waals surface area contributed by atoms with Crippen LogP contribution in [0, 0.1) is 11.3 Å². The van der Waals surface area contributed by atoms with Gasteiger partial charge in [-0.15, -0.1) is 0 Å². The van der Waals surface area contributed by atoms with E-state index in [4.69, 9.17) is 21.6 Å². The molecule has 0 fully saturated rings. The van der Waals surface area contributed by atoms with Gasteiger partial charge in [0, 0.05) is 11.8 Å². The number of rotatable bonds is 5. The molecule has 1 N–H and O–H groups in total. The third kappa shape index (κ3) is 3.76. The van der Waals surface area contributed by atoms with Crippen LogP contribution in [0.1, 0.15) is 34.5 Å². The zero-order valence-electron chi connectivity index (χ0n) is 13.5. The van der Waals surface area contributed by atoms with E-state index in [1.165, 1.54) is 19.4 Å². The topological polar surface area (TPSA) is 84.2 Å². The Hall–Kier alpha value is -2.78. The highest BCUT2D eigenvalue weighted by molar-refractivity contribution is 6.33. The molecule has 1 aromatic heterocycles. The molecular weight excluding hydrogens is 330 g/mol. The Morgan fingerprint density at radius 3 is 2.71 bits per heavy atom. The van der Waals surface area contributed by atoms with Gasteiger partial charge in [0.15, 0.2) is 0 Å². The van der Waals surface area contributed by atoms with E-state index in [-0.39, 0.29) is 11.6 Å². The van der Waals surface area contributed by atoms with Gasteiger partial charge in [-0.05, 0) is 31.2 Å². The molecule has 0 amide bonds. The van der Waals surface area contributed by atoms with E-state index >= 15 is 0 Å². The van der Waals surface area contributed by atoms with Crippen LogP contribution in [0.2, 0.25) is 5.02 Å². The number of nitrogens with zero attached hydrogens (tertiary/aromatic N) is 2. The molecule has 0 spiro atoms. The second-order valence-corrected chi connectivity index (χ2v) is 5.39. The molecule has 24 heavy (non-hydrogen) atoms. The van der Waals surface area contributed by atoms with Gasteiger partial charge in [-0.25, -0.2) is 9.78 Å². The van der Waals surface area contributed by atoms with E-state index in [9.17, 15) is 4.79 Å². The highest BCUT2D eigenvalue weighted by atomic mass is 35.5. The average Bonchev–Trinajstić information content (AvgIpc) is 2.61. The predicted molar refractivity (Wildman–Crippen MR) is 90.3 cm³/mol. The number of halogens is 1. The second kappa shape index (κ2) is 7.66. The molecule has 7 heteroatoms. The number of methoxy groups -OCH3 is 2. The van der Waals surface area contributed by atoms with Crippen molar-refractivity contribution < 1.29 is 14.3 Å². The molecule has 0 aliphatic heterocycles. The summed E-state index contributed by atoms with van der Waals surface area (Å²) in [5.74, 6) is 0.560. The molecule has 0 radical (unpaired) electrons. The molecule has 1 heterocycles. The Kier molecular flexibility index (Phi) is 5.61. The standard InChI is InChI=1S/C17H16ClN3O3/c1-10(13-6-11(8-19)4-5-15(13)23-2)21-16-14(18)7-12(9-20-16)17(22)24-3/h4-7,9-10H,1-3H3,(H,20,21)/t10-/m0/s1. The first kappa shape index (κ1) is 17.6. The predicted octanol–water partition coefficient (Wildman–Crippen LogP) is 3.57. The van der Waals surface area contributed by atoms with E-state index in [2.05, 4.69) is 21.1 Å². The van der Waals surface area contributed by atoms with Crippen molar-refractivity contribution in [2.75, 3.05) is 19.5 Å². The molecule has 6 nitrogen and oxygen atoms in total. The van der Waals surface area contributed by atoms with Crippen LogP contribution in [-0.4, -0.2) is 25.2 Å². The van der Waals surface area contributed by atoms with Crippen molar-refractivity contribution in [3.8, 4) is 11.8 Å². The Labute approximate surface area is 145 Å². The van der Waals surface area contributed by atoms with Crippen LogP contribution in [0.25, 0.3) is 0 Å². The maximum absolute atomic E-state index is 11.5. The maximum Gasteiger partial charge on any atom is 0.339 e. The number of nitriles is 1. The number of carbonyl (C=O) groups is 1. The van der Waals surface area contributed by atoms with Gasteiger partial charge in [0.25, 0.3) is 0 Å². The molecule has 2 aromatic rings. The Morgan fingerprint density at radius 1 is 1.38 bits per heavy atom. The van der Waals surface area contributed by atoms with Crippen LogP contribution in [0.15, 0.2) is 30.5 Å². The van der Waals surface area contributed by atoms with Crippen molar-refractivity contribution in [1.29, 1.82) is 5.26 Å². The highest BCUT2D eigenvalue weighted by Gasteiger charge is 2.16. The number of hydrogen-bond acceptors (Lipinski definition) is 6. The lowest BCUT2D eigenvalue weighted by Gasteiger charge is -2.19. The van der Waals surface area contributed by atoms with E-state index < -0.39 is 5.97 Å². The van der Waals surface area contributed by atoms with Gasteiger partial charge in [-0.1, -0.05) is 11.6 Å². The number of benzene rings is 1. The third-order valence-electron chi connectivity index (χ3n) is 3.44. The smallest absolute Gasteiger partial charge is 0.339 e. The minimum absolute atomic E-state index is 0.220. The number of anilines is 1. The van der Waals surface area contributed by atoms with Gasteiger partial charge in [0.1, 0.15) is 11.6 Å². The molecular formula is C17H16ClN3O3. The summed E-state index contributed by atoms with van der Waals surface area (Å²) in [4.78, 5) is 15.6. The molecule has 0 saturated heterocycles. The zero-order chi connectivity index (χ0) is 17.7. The molecule has 1 atom stereocenters. The molecule has 0 bridgehead atoms. The van der Waals surface area contributed by atoms with Gasteiger partial charge in [0.05, 0.1) is 42.5 Å². The lowest BCUT2D eigenvalue weighted by atomic mass is 10.0. The number of carbonyl (C=O) groups excluding carboxylic acids is 1. The van der Waals surface area contributed by atoms with Crippen LogP contribution in [-0.2, 0) is 4.74 Å². The first-order valence-corrected chi connectivity index (χ1v) is 7.46. The number of pyridine rings is 1. The summed E-state index contributed by atoms with van der Waals surface area (Å²) < 4.78 is 9.97. The summed E-state index contributed by atoms with van der Waals surface area (Å²) in [7, 11) is 2.85. The first-order valence-electron chi connectivity index (χ1n) is 7.08. The maximum atomic E-state index is 11.5. The summed E-state index contributed by atoms with van der Waals surface area (Å²) in [6.45, 7) is 1.89. The van der Waals surface area contributed by atoms with Crippen LogP contribution in [0.4, 0.5) is 5.82 Å². The monoisotopic (exact) mass is 345 g/mol. The molecule has 0 saturated carbocycles. The van der Waals surface area contributed by atoms with Crippen LogP contribution >= 0.6 is 11.6 Å². The quantitative estimate of drug-likeness (QED) is 0.834. The SMILES string of the molecule is COC(=O)c1cnc(N[C@@H](C)c2cc(C#N)ccc2OC)c(Cl)c1. The minimum atomic E-state index is -0.507. The fourth-order valence-electron chi connectivity index (χ4n) is 2.20. The van der Waals surface area contributed by atoms with E-state index in [1.807, 2.05) is 6.92 Å². The Bertz CT molecular complexity index is 802. The summed E-state index contributed by atoms with van der Waals surface area (Å²) in [5.41, 5.74) is 1.59. The number of esters is 1. The molecule has 0 unspecified atom stereocenters. The Balaban J connectivity index is 2.28. The normalized spacial score (nSPS) is 11.3. The van der Waals surface area contributed by atoms with Gasteiger partial charge in [-0.3, -0.25) is 0 Å². The van der Waals surface area contributed by atoms with E-state index in [0.717, 1.165) is 5.56 Å². The lowest BCUT2D eigenvalue weighted by molar-refractivity contribution is 0.0600. The largest absolute Gasteiger partial charge is 0.496 e. The van der Waals surface area contributed by atoms with E-state index in [0.29, 0.717) is 22.2 Å². The minimum Gasteiger partial charge on any atom is -0.496 e. The van der Waals surface area contributed by atoms with Crippen LogP contribution < -0.4 is 10.1 Å². The van der Waals surface area contributed by atoms with Crippen molar-refractivity contribution >= 4 is 23.4 Å². The van der Waals surface area contributed by atoms with Crippen LogP contribution in [0.5, 0.6) is 5.75 Å². The molecule has 1 aromatic carbocycles. The van der Waals surface area contributed by atoms with Gasteiger partial charge in [0.2, 0.25) is 0 Å². The first-order chi connectivity index (χ1) is 11.5. The van der Waals surface area contributed by atoms with Gasteiger partial charge < -0.3 is 14.8 Å². The number of ether oxygens (including phenoxy) is 2. The summed E-state index contributed by atoms with van der Waals surface area (Å²) in [6.07, 6.45) is 1.38. The van der Waals surface area contributed by atoms with Crippen LogP contribution in [0.3, 0.4) is 0 Å². The number of hydrogen-bond donors (Lipinski definition) is 1. The van der Waals surface area contributed by atoms with Gasteiger partial charge in [-0.2, -0.15) is 5.26 Å². The molecule has 0 aliphatic rings. The fraction of sp³-hybridized carbons (Fsp3) is 0.235. The van der Waals surface area contributed by atoms with E-state index in [1.54, 1.807) is 25.3 Å². The summed E-state index contributed by atoms with van der Waals surface area (Å²) >= 11 is 6.18. The van der Waals surface area contributed by atoms with Gasteiger partial charge >= 0.3 is 5.97 Å². The molecule has 0 aliphatic carbocycles. The molecule has 2 rings (SSSR count). The third-order valence-corrected chi connectivity index (χ3v) is 3.73. The highest BCUT2D eigenvalue weighted by Crippen LogP contribution is 2.30. The van der Waals surface area contributed by atoms with Crippen molar-refractivity contribution in [3.05, 3.63) is 52.2 Å². The van der Waals surface area contributed by atoms with Crippen molar-refractivity contribution in [2.24, 2.45) is 0 Å². The number of nitrogens with one attached hydrogen (secondary N) is 1. The Morgan fingerprint density at radius 2 is 2.12 bits per heavy atom. The van der Waals surface area contributed by atoms with Crippen molar-refractivity contribution in [3.63, 3.8) is 0 Å². The zero-order valence-corrected chi connectivity index (χ0v) is 14.2. The number of aromatic nitrogens is 1. The second-order valence-electron chi connectivity index (χ2n) is 4.98. The van der Waals surface area contributed by atoms with Crippen molar-refractivity contribution in [2.45, 2.75) is 13.0 Å². The summed E-state index contributed by atoms with van der Waals surface area (Å²) in [5, 5.41) is 12.5. The fourth-order valence-corrected chi connectivity index (χ4v) is 2.42. The lowest BCUT2D eigenvalue weighted by Crippen LogP contribution is -2.11. The van der Waals surface area contributed by atoms with Crippen molar-refractivity contribution in [1.82, 2.24) is 4.98 Å².